The molecule has 2 heteroatoms. The van der Waals surface area contributed by atoms with Crippen molar-refractivity contribution in [3.05, 3.63) is 29.3 Å². The molecule has 0 amide bonds. The highest BCUT2D eigenvalue weighted by Gasteiger charge is 2.26. The van der Waals surface area contributed by atoms with Gasteiger partial charge in [0, 0.05) is 18.3 Å². The summed E-state index contributed by atoms with van der Waals surface area (Å²) in [5.41, 5.74) is 4.33. The minimum Gasteiger partial charge on any atom is -0.383 e. The van der Waals surface area contributed by atoms with Crippen LogP contribution in [-0.2, 0) is 6.42 Å². The summed E-state index contributed by atoms with van der Waals surface area (Å²) in [6.07, 6.45) is 4.00. The van der Waals surface area contributed by atoms with Gasteiger partial charge in [0.1, 0.15) is 0 Å². The topological polar surface area (TPSA) is 15.3 Å². The number of benzene rings is 1. The lowest BCUT2D eigenvalue weighted by atomic mass is 9.95. The van der Waals surface area contributed by atoms with Gasteiger partial charge in [0.05, 0.1) is 0 Å². The van der Waals surface area contributed by atoms with Crippen molar-refractivity contribution in [1.29, 1.82) is 0 Å². The van der Waals surface area contributed by atoms with Crippen LogP contribution in [0.1, 0.15) is 24.0 Å². The summed E-state index contributed by atoms with van der Waals surface area (Å²) in [7, 11) is 0. The van der Waals surface area contributed by atoms with E-state index in [0.717, 1.165) is 12.6 Å². The Bertz CT molecular complexity index is 380. The minimum absolute atomic E-state index is 0.719. The van der Waals surface area contributed by atoms with Crippen molar-refractivity contribution >= 4 is 5.69 Å². The van der Waals surface area contributed by atoms with Gasteiger partial charge in [-0.1, -0.05) is 12.1 Å². The number of aryl methyl sites for hydroxylation is 1. The van der Waals surface area contributed by atoms with Crippen LogP contribution in [-0.4, -0.2) is 30.6 Å². The average Bonchev–Trinajstić information content (AvgIpc) is 2.83. The van der Waals surface area contributed by atoms with E-state index in [1.54, 1.807) is 0 Å². The van der Waals surface area contributed by atoms with Gasteiger partial charge in [-0.15, -0.1) is 0 Å². The predicted octanol–water partition coefficient (Wildman–Crippen LogP) is 2.43. The summed E-state index contributed by atoms with van der Waals surface area (Å²) in [5.74, 6) is 0. The molecular formula is C14H20N2. The number of nitrogens with zero attached hydrogens (tertiary/aromatic N) is 1. The van der Waals surface area contributed by atoms with Crippen molar-refractivity contribution in [3.63, 3.8) is 0 Å². The second-order valence-corrected chi connectivity index (χ2v) is 5.08. The fourth-order valence-electron chi connectivity index (χ4n) is 3.04. The molecule has 0 saturated carbocycles. The van der Waals surface area contributed by atoms with E-state index in [-0.39, 0.29) is 0 Å². The lowest BCUT2D eigenvalue weighted by Crippen LogP contribution is -2.42. The van der Waals surface area contributed by atoms with Crippen molar-refractivity contribution in [1.82, 2.24) is 4.90 Å². The second-order valence-electron chi connectivity index (χ2n) is 5.08. The lowest BCUT2D eigenvalue weighted by Gasteiger charge is -2.33. The normalized spacial score (nSPS) is 25.2. The van der Waals surface area contributed by atoms with Crippen LogP contribution in [0.15, 0.2) is 18.2 Å². The summed E-state index contributed by atoms with van der Waals surface area (Å²) < 4.78 is 0. The molecule has 16 heavy (non-hydrogen) atoms. The monoisotopic (exact) mass is 216 g/mol. The van der Waals surface area contributed by atoms with Gasteiger partial charge in [0.2, 0.25) is 0 Å². The van der Waals surface area contributed by atoms with E-state index >= 15 is 0 Å². The minimum atomic E-state index is 0.719. The molecule has 0 aromatic heterocycles. The van der Waals surface area contributed by atoms with Crippen molar-refractivity contribution < 1.29 is 0 Å². The van der Waals surface area contributed by atoms with Crippen LogP contribution in [0.4, 0.5) is 5.69 Å². The van der Waals surface area contributed by atoms with Gasteiger partial charge in [-0.2, -0.15) is 0 Å². The Balaban J connectivity index is 1.82. The number of likely N-dealkylation sites (tertiary alicyclic amines) is 1. The molecule has 0 radical (unpaired) electrons. The van der Waals surface area contributed by atoms with Crippen LogP contribution >= 0.6 is 0 Å². The van der Waals surface area contributed by atoms with Gasteiger partial charge in [0.25, 0.3) is 0 Å². The van der Waals surface area contributed by atoms with E-state index in [1.165, 1.54) is 49.2 Å². The number of anilines is 1. The number of hydrogen-bond donors (Lipinski definition) is 1. The van der Waals surface area contributed by atoms with Gasteiger partial charge >= 0.3 is 0 Å². The largest absolute Gasteiger partial charge is 0.383 e. The van der Waals surface area contributed by atoms with Crippen LogP contribution in [0.5, 0.6) is 0 Å². The smallest absolute Gasteiger partial charge is 0.0376 e. The fourth-order valence-corrected chi connectivity index (χ4v) is 3.04. The van der Waals surface area contributed by atoms with Crippen LogP contribution in [0.2, 0.25) is 0 Å². The third-order valence-corrected chi connectivity index (χ3v) is 4.04. The molecule has 1 fully saturated rings. The maximum absolute atomic E-state index is 3.59. The Morgan fingerprint density at radius 3 is 2.88 bits per heavy atom. The zero-order valence-corrected chi connectivity index (χ0v) is 10.00. The van der Waals surface area contributed by atoms with Crippen LogP contribution in [0, 0.1) is 6.92 Å². The highest BCUT2D eigenvalue weighted by Crippen LogP contribution is 2.27. The Morgan fingerprint density at radius 1 is 1.25 bits per heavy atom. The van der Waals surface area contributed by atoms with Crippen LogP contribution in [0.3, 0.4) is 0 Å². The average molecular weight is 216 g/mol. The summed E-state index contributed by atoms with van der Waals surface area (Å²) in [5, 5.41) is 3.59. The third-order valence-electron chi connectivity index (χ3n) is 4.04. The number of rotatable bonds is 1. The first-order chi connectivity index (χ1) is 7.84. The predicted molar refractivity (Wildman–Crippen MR) is 68.0 cm³/mol. The van der Waals surface area contributed by atoms with Gasteiger partial charge in [-0.05, 0) is 56.5 Å². The molecule has 86 valence electrons. The first-order valence-corrected chi connectivity index (χ1v) is 6.41. The standard InChI is InChI=1S/C14H20N2/c1-11-5-4-6-14-13(11)9-12(10-15-14)16-7-2-3-8-16/h4-6,12,15H,2-3,7-10H2,1H3. The second kappa shape index (κ2) is 4.10. The van der Waals surface area contributed by atoms with Gasteiger partial charge in [-0.3, -0.25) is 4.90 Å². The summed E-state index contributed by atoms with van der Waals surface area (Å²) in [6, 6.07) is 7.31. The molecular weight excluding hydrogens is 196 g/mol. The number of nitrogens with one attached hydrogen (secondary N) is 1. The van der Waals surface area contributed by atoms with E-state index < -0.39 is 0 Å². The molecule has 1 unspecified atom stereocenters. The maximum atomic E-state index is 3.59. The molecule has 1 N–H and O–H groups in total. The van der Waals surface area contributed by atoms with E-state index in [0.29, 0.717) is 0 Å². The molecule has 1 saturated heterocycles. The molecule has 2 heterocycles. The Morgan fingerprint density at radius 2 is 2.06 bits per heavy atom. The number of fused-ring (bicyclic) bond motifs is 1. The van der Waals surface area contributed by atoms with Crippen LogP contribution < -0.4 is 5.32 Å². The van der Waals surface area contributed by atoms with Crippen LogP contribution in [0.25, 0.3) is 0 Å². The molecule has 1 atom stereocenters. The molecule has 0 aliphatic carbocycles. The highest BCUT2D eigenvalue weighted by molar-refractivity contribution is 5.56. The summed E-state index contributed by atoms with van der Waals surface area (Å²) >= 11 is 0. The summed E-state index contributed by atoms with van der Waals surface area (Å²) in [4.78, 5) is 2.66. The zero-order chi connectivity index (χ0) is 11.0. The van der Waals surface area contributed by atoms with Crippen molar-refractivity contribution in [2.75, 3.05) is 25.0 Å². The van der Waals surface area contributed by atoms with Gasteiger partial charge in [0.15, 0.2) is 0 Å². The van der Waals surface area contributed by atoms with E-state index in [2.05, 4.69) is 35.3 Å². The highest BCUT2D eigenvalue weighted by atomic mass is 15.2. The molecule has 1 aromatic carbocycles. The van der Waals surface area contributed by atoms with E-state index in [9.17, 15) is 0 Å². The molecule has 0 spiro atoms. The molecule has 2 aliphatic rings. The Labute approximate surface area is 97.6 Å². The first-order valence-electron chi connectivity index (χ1n) is 6.41. The molecule has 3 rings (SSSR count). The van der Waals surface area contributed by atoms with Crippen molar-refractivity contribution in [3.8, 4) is 0 Å². The SMILES string of the molecule is Cc1cccc2c1CC(N1CCCC1)CN2. The zero-order valence-electron chi connectivity index (χ0n) is 10.00. The quantitative estimate of drug-likeness (QED) is 0.775. The number of hydrogen-bond acceptors (Lipinski definition) is 2. The molecule has 2 nitrogen and oxygen atoms in total. The van der Waals surface area contributed by atoms with Gasteiger partial charge < -0.3 is 5.32 Å². The van der Waals surface area contributed by atoms with Crippen molar-refractivity contribution in [2.24, 2.45) is 0 Å². The molecule has 0 bridgehead atoms. The Hall–Kier alpha value is -1.02. The van der Waals surface area contributed by atoms with E-state index in [4.69, 9.17) is 0 Å². The third kappa shape index (κ3) is 1.71. The molecule has 2 aliphatic heterocycles. The Kier molecular flexibility index (Phi) is 2.60. The summed E-state index contributed by atoms with van der Waals surface area (Å²) in [6.45, 7) is 5.95. The van der Waals surface area contributed by atoms with E-state index in [1.807, 2.05) is 0 Å². The first kappa shape index (κ1) is 10.2. The van der Waals surface area contributed by atoms with Crippen molar-refractivity contribution in [2.45, 2.75) is 32.2 Å². The molecule has 1 aromatic rings. The maximum Gasteiger partial charge on any atom is 0.0376 e. The van der Waals surface area contributed by atoms with Gasteiger partial charge in [-0.25, -0.2) is 0 Å². The fraction of sp³-hybridized carbons (Fsp3) is 0.571. The lowest BCUT2D eigenvalue weighted by molar-refractivity contribution is 0.247.